The van der Waals surface area contributed by atoms with E-state index in [0.29, 0.717) is 24.7 Å². The van der Waals surface area contributed by atoms with Crippen molar-refractivity contribution < 1.29 is 8.78 Å². The molecular formula is C13H20F2N2. The Morgan fingerprint density at radius 2 is 1.76 bits per heavy atom. The molecule has 0 bridgehead atoms. The maximum Gasteiger partial charge on any atom is 0.126 e. The van der Waals surface area contributed by atoms with Crippen LogP contribution < -0.4 is 5.73 Å². The molecular weight excluding hydrogens is 222 g/mol. The zero-order valence-electron chi connectivity index (χ0n) is 10.4. The van der Waals surface area contributed by atoms with Crippen LogP contribution in [0, 0.1) is 11.6 Å². The fourth-order valence-corrected chi connectivity index (χ4v) is 1.75. The third-order valence-corrected chi connectivity index (χ3v) is 2.69. The molecule has 0 unspecified atom stereocenters. The summed E-state index contributed by atoms with van der Waals surface area (Å²) in [6, 6.07) is 3.97. The first kappa shape index (κ1) is 14.1. The number of nitrogens with zero attached hydrogens (tertiary/aromatic N) is 1. The lowest BCUT2D eigenvalue weighted by atomic mass is 10.1. The Morgan fingerprint density at radius 1 is 1.18 bits per heavy atom. The summed E-state index contributed by atoms with van der Waals surface area (Å²) in [6.07, 6.45) is 0.885. The van der Waals surface area contributed by atoms with Crippen LogP contribution in [0.5, 0.6) is 0 Å². The molecule has 0 aliphatic heterocycles. The number of benzene rings is 1. The van der Waals surface area contributed by atoms with E-state index in [1.54, 1.807) is 0 Å². The van der Waals surface area contributed by atoms with Crippen LogP contribution in [0.4, 0.5) is 8.78 Å². The minimum absolute atomic E-state index is 0.327. The lowest BCUT2D eigenvalue weighted by molar-refractivity contribution is 0.211. The maximum atomic E-state index is 13.1. The molecule has 0 aliphatic rings. The molecule has 0 atom stereocenters. The molecule has 1 aromatic rings. The van der Waals surface area contributed by atoms with E-state index in [1.807, 2.05) is 0 Å². The molecule has 2 nitrogen and oxygen atoms in total. The van der Waals surface area contributed by atoms with E-state index in [2.05, 4.69) is 18.7 Å². The van der Waals surface area contributed by atoms with Gasteiger partial charge in [0.2, 0.25) is 0 Å². The van der Waals surface area contributed by atoms with Crippen LogP contribution in [0.15, 0.2) is 18.2 Å². The van der Waals surface area contributed by atoms with Crippen molar-refractivity contribution in [1.29, 1.82) is 0 Å². The summed E-state index contributed by atoms with van der Waals surface area (Å²) >= 11 is 0. The Bertz CT molecular complexity index is 333. The third kappa shape index (κ3) is 4.79. The van der Waals surface area contributed by atoms with Crippen molar-refractivity contribution in [2.45, 2.75) is 32.9 Å². The van der Waals surface area contributed by atoms with Gasteiger partial charge in [-0.25, -0.2) is 8.78 Å². The molecule has 0 saturated heterocycles. The molecule has 2 N–H and O–H groups in total. The van der Waals surface area contributed by atoms with Gasteiger partial charge in [-0.15, -0.1) is 0 Å². The molecule has 1 aromatic carbocycles. The van der Waals surface area contributed by atoms with E-state index in [-0.39, 0.29) is 0 Å². The topological polar surface area (TPSA) is 29.3 Å². The van der Waals surface area contributed by atoms with E-state index in [4.69, 9.17) is 5.73 Å². The second kappa shape index (κ2) is 6.67. The molecule has 4 heteroatoms. The van der Waals surface area contributed by atoms with Gasteiger partial charge in [0.15, 0.2) is 0 Å². The van der Waals surface area contributed by atoms with Crippen LogP contribution in [0.25, 0.3) is 0 Å². The molecule has 96 valence electrons. The average Bonchev–Trinajstić information content (AvgIpc) is 2.22. The standard InChI is InChI=1S/C13H20F2N2/c1-10(2)17(5-3-4-16)9-11-6-12(14)8-13(15)7-11/h6-8,10H,3-5,9,16H2,1-2H3. The highest BCUT2D eigenvalue weighted by Crippen LogP contribution is 2.12. The molecule has 0 amide bonds. The summed E-state index contributed by atoms with van der Waals surface area (Å²) in [4.78, 5) is 2.15. The Morgan fingerprint density at radius 3 is 2.24 bits per heavy atom. The van der Waals surface area contributed by atoms with Crippen LogP contribution >= 0.6 is 0 Å². The van der Waals surface area contributed by atoms with E-state index in [1.165, 1.54) is 12.1 Å². The average molecular weight is 242 g/mol. The quantitative estimate of drug-likeness (QED) is 0.830. The van der Waals surface area contributed by atoms with Crippen molar-refractivity contribution in [3.05, 3.63) is 35.4 Å². The van der Waals surface area contributed by atoms with E-state index < -0.39 is 11.6 Å². The summed E-state index contributed by atoms with van der Waals surface area (Å²) in [5, 5.41) is 0. The van der Waals surface area contributed by atoms with Crippen molar-refractivity contribution in [3.63, 3.8) is 0 Å². The smallest absolute Gasteiger partial charge is 0.126 e. The first-order valence-corrected chi connectivity index (χ1v) is 5.92. The molecule has 1 rings (SSSR count). The van der Waals surface area contributed by atoms with Gasteiger partial charge in [-0.05, 0) is 51.1 Å². The summed E-state index contributed by atoms with van der Waals surface area (Å²) in [5.41, 5.74) is 6.13. The van der Waals surface area contributed by atoms with E-state index in [0.717, 1.165) is 19.0 Å². The van der Waals surface area contributed by atoms with Crippen molar-refractivity contribution >= 4 is 0 Å². The minimum Gasteiger partial charge on any atom is -0.330 e. The number of nitrogens with two attached hydrogens (primary N) is 1. The fraction of sp³-hybridized carbons (Fsp3) is 0.538. The van der Waals surface area contributed by atoms with Gasteiger partial charge in [0.25, 0.3) is 0 Å². The fourth-order valence-electron chi connectivity index (χ4n) is 1.75. The van der Waals surface area contributed by atoms with Crippen LogP contribution in [0.1, 0.15) is 25.8 Å². The number of hydrogen-bond acceptors (Lipinski definition) is 2. The van der Waals surface area contributed by atoms with Gasteiger partial charge < -0.3 is 5.73 Å². The van der Waals surface area contributed by atoms with Crippen molar-refractivity contribution in [3.8, 4) is 0 Å². The first-order valence-electron chi connectivity index (χ1n) is 5.92. The number of hydrogen-bond donors (Lipinski definition) is 1. The van der Waals surface area contributed by atoms with Crippen LogP contribution in [0.3, 0.4) is 0 Å². The van der Waals surface area contributed by atoms with Crippen molar-refractivity contribution in [2.75, 3.05) is 13.1 Å². The largest absolute Gasteiger partial charge is 0.330 e. The molecule has 17 heavy (non-hydrogen) atoms. The van der Waals surface area contributed by atoms with E-state index in [9.17, 15) is 8.78 Å². The normalized spacial score (nSPS) is 11.5. The van der Waals surface area contributed by atoms with Crippen LogP contribution in [0.2, 0.25) is 0 Å². The monoisotopic (exact) mass is 242 g/mol. The minimum atomic E-state index is -0.525. The zero-order valence-corrected chi connectivity index (χ0v) is 10.4. The summed E-state index contributed by atoms with van der Waals surface area (Å²) < 4.78 is 26.1. The lowest BCUT2D eigenvalue weighted by Gasteiger charge is -2.26. The van der Waals surface area contributed by atoms with Gasteiger partial charge in [-0.2, -0.15) is 0 Å². The Labute approximate surface area is 101 Å². The SMILES string of the molecule is CC(C)N(CCCN)Cc1cc(F)cc(F)c1. The summed E-state index contributed by atoms with van der Waals surface area (Å²) in [6.45, 7) is 6.14. The maximum absolute atomic E-state index is 13.1. The van der Waals surface area contributed by atoms with Gasteiger partial charge in [0.1, 0.15) is 11.6 Å². The van der Waals surface area contributed by atoms with Crippen molar-refractivity contribution in [2.24, 2.45) is 5.73 Å². The predicted molar refractivity (Wildman–Crippen MR) is 65.6 cm³/mol. The molecule has 0 saturated carbocycles. The molecule has 0 spiro atoms. The highest BCUT2D eigenvalue weighted by molar-refractivity contribution is 5.17. The molecule has 0 radical (unpaired) electrons. The van der Waals surface area contributed by atoms with Gasteiger partial charge in [-0.3, -0.25) is 4.90 Å². The van der Waals surface area contributed by atoms with Crippen LogP contribution in [-0.4, -0.2) is 24.0 Å². The molecule has 0 fully saturated rings. The second-order valence-electron chi connectivity index (χ2n) is 4.48. The zero-order chi connectivity index (χ0) is 12.8. The van der Waals surface area contributed by atoms with Gasteiger partial charge in [0.05, 0.1) is 0 Å². The summed E-state index contributed by atoms with van der Waals surface area (Å²) in [5.74, 6) is -1.05. The molecule has 0 aliphatic carbocycles. The number of rotatable bonds is 6. The molecule has 0 heterocycles. The van der Waals surface area contributed by atoms with Gasteiger partial charge in [0, 0.05) is 18.7 Å². The summed E-state index contributed by atoms with van der Waals surface area (Å²) in [7, 11) is 0. The Balaban J connectivity index is 2.71. The Hall–Kier alpha value is -1.00. The second-order valence-corrected chi connectivity index (χ2v) is 4.48. The Kier molecular flexibility index (Phi) is 5.51. The van der Waals surface area contributed by atoms with Crippen molar-refractivity contribution in [1.82, 2.24) is 4.90 Å². The number of halogens is 2. The van der Waals surface area contributed by atoms with Crippen LogP contribution in [-0.2, 0) is 6.54 Å². The van der Waals surface area contributed by atoms with Gasteiger partial charge in [-0.1, -0.05) is 0 Å². The highest BCUT2D eigenvalue weighted by atomic mass is 19.1. The molecule has 0 aromatic heterocycles. The lowest BCUT2D eigenvalue weighted by Crippen LogP contribution is -2.32. The highest BCUT2D eigenvalue weighted by Gasteiger charge is 2.10. The van der Waals surface area contributed by atoms with E-state index >= 15 is 0 Å². The first-order chi connectivity index (χ1) is 8.02. The third-order valence-electron chi connectivity index (χ3n) is 2.69. The predicted octanol–water partition coefficient (Wildman–Crippen LogP) is 2.52. The van der Waals surface area contributed by atoms with Gasteiger partial charge >= 0.3 is 0 Å².